The van der Waals surface area contributed by atoms with Crippen LogP contribution in [0.3, 0.4) is 0 Å². The van der Waals surface area contributed by atoms with Crippen molar-refractivity contribution in [3.63, 3.8) is 0 Å². The van der Waals surface area contributed by atoms with E-state index in [1.165, 1.54) is 12.8 Å². The first kappa shape index (κ1) is 14.0. The Labute approximate surface area is 104 Å². The molecule has 4 nitrogen and oxygen atoms in total. The fourth-order valence-corrected chi connectivity index (χ4v) is 2.73. The van der Waals surface area contributed by atoms with Gasteiger partial charge in [0, 0.05) is 12.4 Å². The van der Waals surface area contributed by atoms with Crippen LogP contribution in [-0.2, 0) is 10.0 Å². The van der Waals surface area contributed by atoms with Gasteiger partial charge in [-0.25, -0.2) is 8.42 Å². The van der Waals surface area contributed by atoms with E-state index >= 15 is 0 Å². The molecule has 0 bridgehead atoms. The molecule has 0 saturated carbocycles. The highest BCUT2D eigenvalue weighted by molar-refractivity contribution is 7.92. The van der Waals surface area contributed by atoms with Crippen LogP contribution >= 0.6 is 0 Å². The largest absolute Gasteiger partial charge is 0.283 e. The Morgan fingerprint density at radius 1 is 1.12 bits per heavy atom. The lowest BCUT2D eigenvalue weighted by molar-refractivity contribution is 0.591. The second-order valence-electron chi connectivity index (χ2n) is 4.07. The number of nitrogens with one attached hydrogen (secondary N) is 1. The van der Waals surface area contributed by atoms with E-state index < -0.39 is 10.0 Å². The van der Waals surface area contributed by atoms with Gasteiger partial charge in [0.15, 0.2) is 0 Å². The van der Waals surface area contributed by atoms with E-state index in [4.69, 9.17) is 0 Å². The Kier molecular flexibility index (Phi) is 5.97. The van der Waals surface area contributed by atoms with Gasteiger partial charge in [0.05, 0.1) is 11.4 Å². The number of rotatable bonds is 8. The first-order valence-electron chi connectivity index (χ1n) is 6.04. The maximum atomic E-state index is 11.7. The summed E-state index contributed by atoms with van der Waals surface area (Å²) in [5, 5.41) is 0. The maximum Gasteiger partial charge on any atom is 0.232 e. The zero-order chi connectivity index (χ0) is 12.6. The third-order valence-corrected chi connectivity index (χ3v) is 3.84. The van der Waals surface area contributed by atoms with Crippen molar-refractivity contribution in [2.24, 2.45) is 0 Å². The van der Waals surface area contributed by atoms with E-state index in [2.05, 4.69) is 16.6 Å². The topological polar surface area (TPSA) is 59.1 Å². The average Bonchev–Trinajstić information content (AvgIpc) is 2.29. The lowest BCUT2D eigenvalue weighted by atomic mass is 10.2. The summed E-state index contributed by atoms with van der Waals surface area (Å²) >= 11 is 0. The third-order valence-electron chi connectivity index (χ3n) is 2.47. The second-order valence-corrected chi connectivity index (χ2v) is 5.91. The smallest absolute Gasteiger partial charge is 0.232 e. The van der Waals surface area contributed by atoms with Crippen molar-refractivity contribution < 1.29 is 8.42 Å². The molecule has 0 atom stereocenters. The molecule has 0 spiro atoms. The molecule has 0 amide bonds. The van der Waals surface area contributed by atoms with Gasteiger partial charge in [-0.3, -0.25) is 9.71 Å². The molecule has 0 saturated heterocycles. The van der Waals surface area contributed by atoms with Crippen molar-refractivity contribution in [2.45, 2.75) is 39.0 Å². The molecule has 1 aromatic rings. The van der Waals surface area contributed by atoms with Gasteiger partial charge in [-0.05, 0) is 18.6 Å². The van der Waals surface area contributed by atoms with Crippen LogP contribution < -0.4 is 4.72 Å². The Hall–Kier alpha value is -1.10. The monoisotopic (exact) mass is 256 g/mol. The minimum Gasteiger partial charge on any atom is -0.283 e. The molecule has 0 unspecified atom stereocenters. The zero-order valence-corrected chi connectivity index (χ0v) is 11.0. The fourth-order valence-electron chi connectivity index (χ4n) is 1.55. The number of hydrogen-bond acceptors (Lipinski definition) is 3. The molecule has 0 radical (unpaired) electrons. The Morgan fingerprint density at radius 3 is 2.41 bits per heavy atom. The second kappa shape index (κ2) is 7.27. The van der Waals surface area contributed by atoms with Crippen molar-refractivity contribution in [3.05, 3.63) is 24.5 Å². The molecule has 17 heavy (non-hydrogen) atoms. The molecule has 96 valence electrons. The molecule has 1 heterocycles. The number of pyridine rings is 1. The predicted octanol–water partition coefficient (Wildman–Crippen LogP) is 2.79. The van der Waals surface area contributed by atoms with Crippen LogP contribution in [-0.4, -0.2) is 19.2 Å². The summed E-state index contributed by atoms with van der Waals surface area (Å²) in [6.07, 6.45) is 8.30. The lowest BCUT2D eigenvalue weighted by Gasteiger charge is -2.07. The van der Waals surface area contributed by atoms with Crippen LogP contribution in [0.4, 0.5) is 5.69 Å². The van der Waals surface area contributed by atoms with Crippen molar-refractivity contribution in [1.82, 2.24) is 4.98 Å². The SMILES string of the molecule is CCCCCCCS(=O)(=O)Nc1ccncc1. The highest BCUT2D eigenvalue weighted by Gasteiger charge is 2.09. The van der Waals surface area contributed by atoms with Crippen LogP contribution in [0.5, 0.6) is 0 Å². The first-order chi connectivity index (χ1) is 8.14. The van der Waals surface area contributed by atoms with Crippen LogP contribution in [0.25, 0.3) is 0 Å². The van der Waals surface area contributed by atoms with E-state index in [1.54, 1.807) is 24.5 Å². The minimum atomic E-state index is -3.20. The van der Waals surface area contributed by atoms with E-state index in [0.717, 1.165) is 19.3 Å². The van der Waals surface area contributed by atoms with Crippen molar-refractivity contribution in [1.29, 1.82) is 0 Å². The molecule has 0 aliphatic heterocycles. The number of aromatic nitrogens is 1. The summed E-state index contributed by atoms with van der Waals surface area (Å²) in [4.78, 5) is 3.84. The van der Waals surface area contributed by atoms with Gasteiger partial charge in [-0.2, -0.15) is 0 Å². The van der Waals surface area contributed by atoms with Crippen molar-refractivity contribution in [2.75, 3.05) is 10.5 Å². The fraction of sp³-hybridized carbons (Fsp3) is 0.583. The van der Waals surface area contributed by atoms with E-state index in [1.807, 2.05) is 0 Å². The summed E-state index contributed by atoms with van der Waals surface area (Å²) in [5.41, 5.74) is 0.577. The third kappa shape index (κ3) is 6.26. The van der Waals surface area contributed by atoms with Gasteiger partial charge in [0.1, 0.15) is 0 Å². The van der Waals surface area contributed by atoms with Crippen molar-refractivity contribution in [3.8, 4) is 0 Å². The first-order valence-corrected chi connectivity index (χ1v) is 7.70. The number of unbranched alkanes of at least 4 members (excludes halogenated alkanes) is 4. The molecule has 0 aliphatic rings. The maximum absolute atomic E-state index is 11.7. The molecule has 0 aliphatic carbocycles. The van der Waals surface area contributed by atoms with Gasteiger partial charge in [0.25, 0.3) is 0 Å². The van der Waals surface area contributed by atoms with Gasteiger partial charge in [0.2, 0.25) is 10.0 Å². The quantitative estimate of drug-likeness (QED) is 0.728. The van der Waals surface area contributed by atoms with Gasteiger partial charge in [-0.15, -0.1) is 0 Å². The van der Waals surface area contributed by atoms with E-state index in [9.17, 15) is 8.42 Å². The average molecular weight is 256 g/mol. The van der Waals surface area contributed by atoms with Gasteiger partial charge >= 0.3 is 0 Å². The molecular weight excluding hydrogens is 236 g/mol. The molecule has 1 N–H and O–H groups in total. The summed E-state index contributed by atoms with van der Waals surface area (Å²) in [5.74, 6) is 0.193. The Bertz CT molecular complexity index is 404. The number of sulfonamides is 1. The van der Waals surface area contributed by atoms with Gasteiger partial charge in [-0.1, -0.05) is 32.6 Å². The number of hydrogen-bond donors (Lipinski definition) is 1. The molecule has 0 fully saturated rings. The summed E-state index contributed by atoms with van der Waals surface area (Å²) in [6.45, 7) is 2.14. The molecule has 1 aromatic heterocycles. The van der Waals surface area contributed by atoms with E-state index in [-0.39, 0.29) is 5.75 Å². The normalized spacial score (nSPS) is 11.4. The molecule has 5 heteroatoms. The standard InChI is InChI=1S/C12H20N2O2S/c1-2-3-4-5-6-11-17(15,16)14-12-7-9-13-10-8-12/h7-10H,2-6,11H2,1H3,(H,13,14). The molecule has 0 aromatic carbocycles. The predicted molar refractivity (Wildman–Crippen MR) is 70.4 cm³/mol. The highest BCUT2D eigenvalue weighted by Crippen LogP contribution is 2.09. The van der Waals surface area contributed by atoms with Crippen LogP contribution in [0.1, 0.15) is 39.0 Å². The van der Waals surface area contributed by atoms with Crippen LogP contribution in [0.2, 0.25) is 0 Å². The lowest BCUT2D eigenvalue weighted by Crippen LogP contribution is -2.16. The molecular formula is C12H20N2O2S. The van der Waals surface area contributed by atoms with Crippen LogP contribution in [0.15, 0.2) is 24.5 Å². The summed E-state index contributed by atoms with van der Waals surface area (Å²) in [7, 11) is -3.20. The minimum absolute atomic E-state index is 0.193. The van der Waals surface area contributed by atoms with Crippen LogP contribution in [0, 0.1) is 0 Å². The van der Waals surface area contributed by atoms with E-state index in [0.29, 0.717) is 5.69 Å². The Balaban J connectivity index is 2.32. The molecule has 1 rings (SSSR count). The Morgan fingerprint density at radius 2 is 1.76 bits per heavy atom. The zero-order valence-electron chi connectivity index (χ0n) is 10.2. The summed E-state index contributed by atoms with van der Waals surface area (Å²) < 4.78 is 25.9. The number of anilines is 1. The summed E-state index contributed by atoms with van der Waals surface area (Å²) in [6, 6.07) is 3.29. The van der Waals surface area contributed by atoms with Crippen molar-refractivity contribution >= 4 is 15.7 Å². The number of nitrogens with zero attached hydrogens (tertiary/aromatic N) is 1. The van der Waals surface area contributed by atoms with Gasteiger partial charge < -0.3 is 0 Å². The highest BCUT2D eigenvalue weighted by atomic mass is 32.2.